The minimum Gasteiger partial charge on any atom is -0.440 e. The Morgan fingerprint density at radius 3 is 2.56 bits per heavy atom. The molecule has 1 fully saturated rings. The Morgan fingerprint density at radius 2 is 1.79 bits per heavy atom. The molecule has 8 heteroatoms. The molecular formula is C26H27N5O3. The van der Waals surface area contributed by atoms with E-state index in [4.69, 9.17) is 9.40 Å². The van der Waals surface area contributed by atoms with Crippen LogP contribution < -0.4 is 0 Å². The van der Waals surface area contributed by atoms with Crippen molar-refractivity contribution < 1.29 is 14.3 Å². The van der Waals surface area contributed by atoms with E-state index < -0.39 is 0 Å². The van der Waals surface area contributed by atoms with Gasteiger partial charge in [0, 0.05) is 31.2 Å². The molecule has 0 spiro atoms. The quantitative estimate of drug-likeness (QED) is 0.472. The smallest absolute Gasteiger partial charge is 0.256 e. The lowest BCUT2D eigenvalue weighted by Crippen LogP contribution is -2.45. The van der Waals surface area contributed by atoms with Crippen LogP contribution in [0.15, 0.2) is 71.4 Å². The summed E-state index contributed by atoms with van der Waals surface area (Å²) in [6, 6.07) is 17.3. The highest BCUT2D eigenvalue weighted by Crippen LogP contribution is 2.35. The average molecular weight is 458 g/mol. The Bertz CT molecular complexity index is 1250. The highest BCUT2D eigenvalue weighted by molar-refractivity contribution is 5.98. The van der Waals surface area contributed by atoms with Gasteiger partial charge < -0.3 is 14.4 Å². The van der Waals surface area contributed by atoms with Gasteiger partial charge in [0.2, 0.25) is 0 Å². The second-order valence-electron chi connectivity index (χ2n) is 8.58. The molecule has 3 heterocycles. The third kappa shape index (κ3) is 4.24. The first-order valence-corrected chi connectivity index (χ1v) is 11.6. The topological polar surface area (TPSA) is 97.3 Å². The number of aliphatic hydroxyl groups is 1. The van der Waals surface area contributed by atoms with Gasteiger partial charge in [-0.15, -0.1) is 0 Å². The van der Waals surface area contributed by atoms with Crippen LogP contribution in [0.1, 0.15) is 47.6 Å². The highest BCUT2D eigenvalue weighted by atomic mass is 16.4. The van der Waals surface area contributed by atoms with Gasteiger partial charge in [-0.25, -0.2) is 4.98 Å². The number of oxazole rings is 1. The van der Waals surface area contributed by atoms with Gasteiger partial charge in [-0.1, -0.05) is 42.5 Å². The number of likely N-dealkylation sites (tertiary alicyclic amines) is 1. The zero-order valence-electron chi connectivity index (χ0n) is 19.0. The number of hydrogen-bond acceptors (Lipinski definition) is 6. The van der Waals surface area contributed by atoms with Gasteiger partial charge in [-0.05, 0) is 31.9 Å². The summed E-state index contributed by atoms with van der Waals surface area (Å²) in [6.07, 6.45) is 5.33. The fourth-order valence-electron chi connectivity index (χ4n) is 4.55. The third-order valence-electron chi connectivity index (χ3n) is 6.36. The number of nitrogens with zero attached hydrogens (tertiary/aromatic N) is 5. The molecule has 2 unspecified atom stereocenters. The van der Waals surface area contributed by atoms with Gasteiger partial charge in [-0.2, -0.15) is 15.0 Å². The molecule has 2 aromatic heterocycles. The van der Waals surface area contributed by atoms with E-state index in [1.54, 1.807) is 12.4 Å². The summed E-state index contributed by atoms with van der Waals surface area (Å²) in [7, 11) is 0. The fraction of sp³-hybridized carbons (Fsp3) is 0.308. The third-order valence-corrected chi connectivity index (χ3v) is 6.36. The van der Waals surface area contributed by atoms with Gasteiger partial charge in [0.25, 0.3) is 5.91 Å². The van der Waals surface area contributed by atoms with E-state index >= 15 is 0 Å². The second-order valence-corrected chi connectivity index (χ2v) is 8.58. The van der Waals surface area contributed by atoms with Crippen molar-refractivity contribution in [3.05, 3.63) is 84.1 Å². The molecule has 8 nitrogen and oxygen atoms in total. The van der Waals surface area contributed by atoms with Crippen molar-refractivity contribution in [3.8, 4) is 17.0 Å². The van der Waals surface area contributed by atoms with Crippen molar-refractivity contribution in [2.24, 2.45) is 0 Å². The largest absolute Gasteiger partial charge is 0.440 e. The second kappa shape index (κ2) is 9.61. The Labute approximate surface area is 197 Å². The van der Waals surface area contributed by atoms with Crippen molar-refractivity contribution in [2.45, 2.75) is 38.1 Å². The van der Waals surface area contributed by atoms with Gasteiger partial charge in [0.15, 0.2) is 11.7 Å². The maximum atomic E-state index is 13.7. The van der Waals surface area contributed by atoms with Gasteiger partial charge in [-0.3, -0.25) is 4.79 Å². The van der Waals surface area contributed by atoms with Gasteiger partial charge in [0.05, 0.1) is 35.3 Å². The van der Waals surface area contributed by atoms with Crippen molar-refractivity contribution in [2.75, 3.05) is 13.2 Å². The maximum absolute atomic E-state index is 13.7. The SMILES string of the molecule is CC1CCC(c2nc(CCO)c(-c3ccccc3)o2)CN1C(=O)c1ccccc1-n1nccn1. The number of aromatic nitrogens is 4. The van der Waals surface area contributed by atoms with E-state index in [1.807, 2.05) is 59.5 Å². The highest BCUT2D eigenvalue weighted by Gasteiger charge is 2.34. The first-order valence-electron chi connectivity index (χ1n) is 11.6. The van der Waals surface area contributed by atoms with Crippen molar-refractivity contribution in [3.63, 3.8) is 0 Å². The molecule has 0 bridgehead atoms. The summed E-state index contributed by atoms with van der Waals surface area (Å²) >= 11 is 0. The lowest BCUT2D eigenvalue weighted by atomic mass is 9.92. The number of carbonyl (C=O) groups is 1. The molecule has 0 aliphatic carbocycles. The molecule has 174 valence electrons. The number of para-hydroxylation sites is 1. The molecule has 1 aliphatic rings. The predicted molar refractivity (Wildman–Crippen MR) is 127 cm³/mol. The average Bonchev–Trinajstić information content (AvgIpc) is 3.56. The van der Waals surface area contributed by atoms with E-state index in [0.29, 0.717) is 35.9 Å². The van der Waals surface area contributed by atoms with Crippen LogP contribution in [0, 0.1) is 0 Å². The van der Waals surface area contributed by atoms with Crippen LogP contribution in [0.2, 0.25) is 0 Å². The Hall–Kier alpha value is -3.78. The summed E-state index contributed by atoms with van der Waals surface area (Å²) in [5, 5.41) is 18.0. The standard InChI is InChI=1S/C26H27N5O3/c1-18-11-12-20(25-29-22(13-16-32)24(34-25)19-7-3-2-4-8-19)17-30(18)26(33)21-9-5-6-10-23(21)31-27-14-15-28-31/h2-10,14-15,18,20,32H,11-13,16-17H2,1H3. The summed E-state index contributed by atoms with van der Waals surface area (Å²) in [4.78, 5) is 21.8. The van der Waals surface area contributed by atoms with E-state index in [2.05, 4.69) is 17.1 Å². The van der Waals surface area contributed by atoms with E-state index in [-0.39, 0.29) is 24.5 Å². The lowest BCUT2D eigenvalue weighted by Gasteiger charge is -2.37. The van der Waals surface area contributed by atoms with Crippen LogP contribution in [0.5, 0.6) is 0 Å². The van der Waals surface area contributed by atoms with Crippen LogP contribution in [0.25, 0.3) is 17.0 Å². The van der Waals surface area contributed by atoms with Crippen LogP contribution >= 0.6 is 0 Å². The van der Waals surface area contributed by atoms with Gasteiger partial charge >= 0.3 is 0 Å². The number of piperidine rings is 1. The number of aliphatic hydroxyl groups excluding tert-OH is 1. The first kappa shape index (κ1) is 22.0. The van der Waals surface area contributed by atoms with Gasteiger partial charge in [0.1, 0.15) is 0 Å². The molecule has 2 aromatic carbocycles. The molecule has 0 saturated carbocycles. The number of amides is 1. The van der Waals surface area contributed by atoms with Crippen LogP contribution in [-0.2, 0) is 6.42 Å². The molecule has 1 amide bonds. The summed E-state index contributed by atoms with van der Waals surface area (Å²) < 4.78 is 6.26. The van der Waals surface area contributed by atoms with E-state index in [0.717, 1.165) is 24.1 Å². The summed E-state index contributed by atoms with van der Waals surface area (Å²) in [5.74, 6) is 1.23. The lowest BCUT2D eigenvalue weighted by molar-refractivity contribution is 0.0597. The minimum absolute atomic E-state index is 0.00360. The number of carbonyl (C=O) groups excluding carboxylic acids is 1. The normalized spacial score (nSPS) is 18.2. The molecule has 2 atom stereocenters. The van der Waals surface area contributed by atoms with Crippen LogP contribution in [-0.4, -0.2) is 55.1 Å². The zero-order chi connectivity index (χ0) is 23.5. The van der Waals surface area contributed by atoms with E-state index in [1.165, 1.54) is 4.80 Å². The zero-order valence-corrected chi connectivity index (χ0v) is 19.0. The summed E-state index contributed by atoms with van der Waals surface area (Å²) in [5.41, 5.74) is 2.89. The monoisotopic (exact) mass is 457 g/mol. The molecular weight excluding hydrogens is 430 g/mol. The van der Waals surface area contributed by atoms with Crippen molar-refractivity contribution >= 4 is 5.91 Å². The number of hydrogen-bond donors (Lipinski definition) is 1. The molecule has 1 aliphatic heterocycles. The molecule has 1 saturated heterocycles. The summed E-state index contributed by atoms with van der Waals surface area (Å²) in [6.45, 7) is 2.58. The molecule has 0 radical (unpaired) electrons. The van der Waals surface area contributed by atoms with E-state index in [9.17, 15) is 9.90 Å². The molecule has 5 rings (SSSR count). The van der Waals surface area contributed by atoms with Crippen LogP contribution in [0.4, 0.5) is 0 Å². The van der Waals surface area contributed by atoms with Crippen molar-refractivity contribution in [1.82, 2.24) is 24.9 Å². The predicted octanol–water partition coefficient (Wildman–Crippen LogP) is 3.87. The Kier molecular flexibility index (Phi) is 6.22. The first-order chi connectivity index (χ1) is 16.7. The molecule has 4 aromatic rings. The minimum atomic E-state index is -0.0597. The fourth-order valence-corrected chi connectivity index (χ4v) is 4.55. The Balaban J connectivity index is 1.44. The number of rotatable bonds is 6. The number of benzene rings is 2. The van der Waals surface area contributed by atoms with Crippen LogP contribution in [0.3, 0.4) is 0 Å². The van der Waals surface area contributed by atoms with Crippen molar-refractivity contribution in [1.29, 1.82) is 0 Å². The molecule has 1 N–H and O–H groups in total. The molecule has 34 heavy (non-hydrogen) atoms. The Morgan fingerprint density at radius 1 is 1.06 bits per heavy atom. The maximum Gasteiger partial charge on any atom is 0.256 e.